The number of carbonyl (C=O) groups excluding carboxylic acids is 1. The Hall–Kier alpha value is -4.27. The first-order valence-corrected chi connectivity index (χ1v) is 17.7. The average molecular weight is 651 g/mol. The molecule has 2 N–H and O–H groups in total. The van der Waals surface area contributed by atoms with Gasteiger partial charge in [0, 0.05) is 79.8 Å². The largest absolute Gasteiger partial charge is 0.396 e. The summed E-state index contributed by atoms with van der Waals surface area (Å²) in [5.41, 5.74) is 4.71. The number of hydrogen-bond donors (Lipinski definition) is 2. The van der Waals surface area contributed by atoms with Gasteiger partial charge in [-0.1, -0.05) is 6.92 Å². The first-order chi connectivity index (χ1) is 23.5. The van der Waals surface area contributed by atoms with Crippen molar-refractivity contribution in [3.05, 3.63) is 54.7 Å². The standard InChI is InChI=1S/C37H46N8O3/c1-2-37(36(47)42-31-10-17-48-18-11-31)12-14-43(15-13-37)34-8-5-27(21-39-34)33-19-28(24-45-35(33)29(20-38)22-41-45)30-23-40-44(25-30)32-6-3-26(4-7-32)9-16-46/h5,8,19,21-26,31-32,46H,2-4,6-7,9-18H2,1H3,(H,42,47). The first-order valence-electron chi connectivity index (χ1n) is 17.7. The SMILES string of the molecule is CCC1(C(=O)NC2CCOCC2)CCN(c2ccc(-c3cc(-c4cnn(C5CCC(CCO)CC5)c4)cn4ncc(C#N)c34)cn2)CC1. The molecule has 0 aromatic carbocycles. The predicted molar refractivity (Wildman–Crippen MR) is 183 cm³/mol. The molecule has 0 bridgehead atoms. The molecule has 1 saturated carbocycles. The Balaban J connectivity index is 1.08. The van der Waals surface area contributed by atoms with E-state index in [1.54, 1.807) is 10.7 Å². The van der Waals surface area contributed by atoms with Crippen LogP contribution in [0.1, 0.15) is 82.7 Å². The molecule has 2 saturated heterocycles. The lowest BCUT2D eigenvalue weighted by molar-refractivity contribution is -0.134. The number of pyridine rings is 2. The molecule has 4 aromatic heterocycles. The van der Waals surface area contributed by atoms with Crippen molar-refractivity contribution in [1.29, 1.82) is 5.26 Å². The van der Waals surface area contributed by atoms with Crippen LogP contribution in [0.25, 0.3) is 27.8 Å². The number of nitrogens with one attached hydrogen (secondary N) is 1. The zero-order valence-electron chi connectivity index (χ0n) is 27.9. The summed E-state index contributed by atoms with van der Waals surface area (Å²) in [5, 5.41) is 31.8. The number of carbonyl (C=O) groups is 1. The van der Waals surface area contributed by atoms with Gasteiger partial charge in [0.05, 0.1) is 34.9 Å². The third-order valence-electron chi connectivity index (χ3n) is 11.2. The number of ether oxygens (including phenoxy) is 1. The molecule has 252 valence electrons. The van der Waals surface area contributed by atoms with Crippen LogP contribution >= 0.6 is 0 Å². The first kappa shape index (κ1) is 32.3. The van der Waals surface area contributed by atoms with Gasteiger partial charge in [-0.05, 0) is 88.3 Å². The third kappa shape index (κ3) is 6.43. The lowest BCUT2D eigenvalue weighted by Gasteiger charge is -2.41. The quantitative estimate of drug-likeness (QED) is 0.241. The summed E-state index contributed by atoms with van der Waals surface area (Å²) in [4.78, 5) is 20.6. The number of nitriles is 1. The Morgan fingerprint density at radius 3 is 2.50 bits per heavy atom. The molecule has 1 amide bonds. The van der Waals surface area contributed by atoms with Crippen LogP contribution in [-0.2, 0) is 9.53 Å². The number of aliphatic hydroxyl groups excluding tert-OH is 1. The predicted octanol–water partition coefficient (Wildman–Crippen LogP) is 5.54. The Kier molecular flexibility index (Phi) is 9.46. The summed E-state index contributed by atoms with van der Waals surface area (Å²) >= 11 is 0. The maximum absolute atomic E-state index is 13.4. The van der Waals surface area contributed by atoms with Gasteiger partial charge in [0.2, 0.25) is 5.91 Å². The van der Waals surface area contributed by atoms with Gasteiger partial charge in [-0.25, -0.2) is 9.50 Å². The summed E-state index contributed by atoms with van der Waals surface area (Å²) in [6, 6.07) is 9.12. The van der Waals surface area contributed by atoms with Crippen LogP contribution in [0.4, 0.5) is 5.82 Å². The zero-order chi connectivity index (χ0) is 33.1. The molecule has 0 radical (unpaired) electrons. The van der Waals surface area contributed by atoms with E-state index < -0.39 is 0 Å². The molecule has 6 heterocycles. The van der Waals surface area contributed by atoms with Crippen molar-refractivity contribution >= 4 is 17.2 Å². The number of anilines is 1. The van der Waals surface area contributed by atoms with Crippen molar-refractivity contribution in [3.63, 3.8) is 0 Å². The van der Waals surface area contributed by atoms with E-state index in [1.165, 1.54) is 0 Å². The average Bonchev–Trinajstić information content (AvgIpc) is 3.80. The fourth-order valence-electron chi connectivity index (χ4n) is 7.97. The lowest BCUT2D eigenvalue weighted by atomic mass is 9.75. The van der Waals surface area contributed by atoms with Crippen LogP contribution in [0.5, 0.6) is 0 Å². The normalized spacial score (nSPS) is 21.6. The Morgan fingerprint density at radius 2 is 1.81 bits per heavy atom. The molecule has 3 aliphatic rings. The highest BCUT2D eigenvalue weighted by Crippen LogP contribution is 2.38. The van der Waals surface area contributed by atoms with Crippen LogP contribution in [0, 0.1) is 22.7 Å². The number of aliphatic hydroxyl groups is 1. The molecule has 7 rings (SSSR count). The minimum Gasteiger partial charge on any atom is -0.396 e. The van der Waals surface area contributed by atoms with Gasteiger partial charge in [-0.15, -0.1) is 0 Å². The third-order valence-corrected chi connectivity index (χ3v) is 11.2. The summed E-state index contributed by atoms with van der Waals surface area (Å²) in [7, 11) is 0. The minimum atomic E-state index is -0.344. The van der Waals surface area contributed by atoms with Crippen molar-refractivity contribution in [2.45, 2.75) is 83.2 Å². The molecule has 0 atom stereocenters. The molecule has 48 heavy (non-hydrogen) atoms. The minimum absolute atomic E-state index is 0.189. The second-order valence-electron chi connectivity index (χ2n) is 13.9. The van der Waals surface area contributed by atoms with Gasteiger partial charge in [-0.2, -0.15) is 15.5 Å². The van der Waals surface area contributed by atoms with E-state index in [4.69, 9.17) is 14.8 Å². The Morgan fingerprint density at radius 1 is 1.02 bits per heavy atom. The monoisotopic (exact) mass is 650 g/mol. The number of hydrogen-bond acceptors (Lipinski definition) is 8. The van der Waals surface area contributed by atoms with Crippen molar-refractivity contribution < 1.29 is 14.6 Å². The summed E-state index contributed by atoms with van der Waals surface area (Å²) in [6.45, 7) is 5.37. The highest BCUT2D eigenvalue weighted by Gasteiger charge is 2.41. The summed E-state index contributed by atoms with van der Waals surface area (Å²) in [6.07, 6.45) is 18.9. The van der Waals surface area contributed by atoms with Gasteiger partial charge in [-0.3, -0.25) is 9.48 Å². The second kappa shape index (κ2) is 14.1. The molecule has 11 nitrogen and oxygen atoms in total. The number of aromatic nitrogens is 5. The summed E-state index contributed by atoms with van der Waals surface area (Å²) < 4.78 is 9.35. The molecule has 11 heteroatoms. The van der Waals surface area contributed by atoms with E-state index in [2.05, 4.69) is 51.3 Å². The molecule has 2 aliphatic heterocycles. The number of piperidine rings is 1. The van der Waals surface area contributed by atoms with Gasteiger partial charge < -0.3 is 20.1 Å². The topological polar surface area (TPSA) is 134 Å². The highest BCUT2D eigenvalue weighted by molar-refractivity contribution is 5.87. The van der Waals surface area contributed by atoms with Gasteiger partial charge in [0.15, 0.2) is 0 Å². The smallest absolute Gasteiger partial charge is 0.226 e. The lowest BCUT2D eigenvalue weighted by Crippen LogP contribution is -2.52. The van der Waals surface area contributed by atoms with Crippen LogP contribution in [-0.4, -0.2) is 74.3 Å². The van der Waals surface area contributed by atoms with E-state index in [-0.39, 0.29) is 24.0 Å². The molecular formula is C37H46N8O3. The van der Waals surface area contributed by atoms with Crippen LogP contribution < -0.4 is 10.2 Å². The molecular weight excluding hydrogens is 604 g/mol. The number of nitrogens with zero attached hydrogens (tertiary/aromatic N) is 7. The fourth-order valence-corrected chi connectivity index (χ4v) is 7.97. The summed E-state index contributed by atoms with van der Waals surface area (Å²) in [5.74, 6) is 1.69. The molecule has 1 aliphatic carbocycles. The molecule has 3 fully saturated rings. The van der Waals surface area contributed by atoms with Crippen LogP contribution in [0.15, 0.2) is 49.2 Å². The van der Waals surface area contributed by atoms with Gasteiger partial charge >= 0.3 is 0 Å². The second-order valence-corrected chi connectivity index (χ2v) is 13.9. The van der Waals surface area contributed by atoms with E-state index in [1.807, 2.05) is 24.7 Å². The van der Waals surface area contributed by atoms with E-state index in [0.717, 1.165) is 111 Å². The van der Waals surface area contributed by atoms with E-state index in [9.17, 15) is 15.2 Å². The fraction of sp³-hybridized carbons (Fsp3) is 0.541. The maximum atomic E-state index is 13.4. The van der Waals surface area contributed by atoms with E-state index in [0.29, 0.717) is 30.7 Å². The van der Waals surface area contributed by atoms with Crippen molar-refractivity contribution in [2.24, 2.45) is 11.3 Å². The molecule has 4 aromatic rings. The maximum Gasteiger partial charge on any atom is 0.226 e. The van der Waals surface area contributed by atoms with E-state index >= 15 is 0 Å². The number of amides is 1. The van der Waals surface area contributed by atoms with Crippen LogP contribution in [0.3, 0.4) is 0 Å². The molecule has 0 spiro atoms. The molecule has 0 unspecified atom stereocenters. The number of fused-ring (bicyclic) bond motifs is 1. The van der Waals surface area contributed by atoms with Crippen molar-refractivity contribution in [2.75, 3.05) is 37.8 Å². The van der Waals surface area contributed by atoms with Gasteiger partial charge in [0.1, 0.15) is 11.9 Å². The van der Waals surface area contributed by atoms with Crippen molar-refractivity contribution in [1.82, 2.24) is 29.7 Å². The zero-order valence-corrected chi connectivity index (χ0v) is 27.9. The Bertz CT molecular complexity index is 1750. The number of rotatable bonds is 9. The van der Waals surface area contributed by atoms with Crippen LogP contribution in [0.2, 0.25) is 0 Å². The van der Waals surface area contributed by atoms with Crippen molar-refractivity contribution in [3.8, 4) is 28.3 Å². The van der Waals surface area contributed by atoms with Gasteiger partial charge in [0.25, 0.3) is 0 Å². The Labute approximate surface area is 281 Å². The highest BCUT2D eigenvalue weighted by atomic mass is 16.5.